The van der Waals surface area contributed by atoms with Gasteiger partial charge in [-0.05, 0) is 34.9 Å². The van der Waals surface area contributed by atoms with E-state index in [1.807, 2.05) is 18.2 Å². The molecule has 1 N–H and O–H groups in total. The lowest BCUT2D eigenvalue weighted by atomic mass is 10.0. The van der Waals surface area contributed by atoms with Gasteiger partial charge in [0, 0.05) is 6.54 Å². The number of methoxy groups -OCH3 is 1. The summed E-state index contributed by atoms with van der Waals surface area (Å²) in [6.45, 7) is 0.601. The second kappa shape index (κ2) is 5.78. The van der Waals surface area contributed by atoms with Gasteiger partial charge in [0.2, 0.25) is 0 Å². The van der Waals surface area contributed by atoms with Crippen molar-refractivity contribution in [1.29, 1.82) is 0 Å². The van der Waals surface area contributed by atoms with Gasteiger partial charge in [0.1, 0.15) is 5.75 Å². The van der Waals surface area contributed by atoms with Crippen molar-refractivity contribution in [1.82, 2.24) is 5.32 Å². The van der Waals surface area contributed by atoms with Crippen LogP contribution in [-0.2, 0) is 6.42 Å². The van der Waals surface area contributed by atoms with Crippen LogP contribution in [0.25, 0.3) is 10.8 Å². The van der Waals surface area contributed by atoms with Crippen LogP contribution in [0.5, 0.6) is 5.75 Å². The number of amides is 1. The maximum absolute atomic E-state index is 10.7. The summed E-state index contributed by atoms with van der Waals surface area (Å²) in [6, 6.07) is 12.2. The number of carbonyl (C=O) groups is 1. The van der Waals surface area contributed by atoms with E-state index < -0.39 is 0 Å². The number of hydrogen-bond acceptors (Lipinski definition) is 2. The largest absolute Gasteiger partial charge is 0.497 e. The van der Waals surface area contributed by atoms with Crippen molar-refractivity contribution in [2.45, 2.75) is 6.42 Å². The van der Waals surface area contributed by atoms with Gasteiger partial charge in [-0.1, -0.05) is 36.9 Å². The maximum Gasteiger partial charge on any atom is 0.275 e. The van der Waals surface area contributed by atoms with E-state index >= 15 is 0 Å². The van der Waals surface area contributed by atoms with Gasteiger partial charge in [-0.2, -0.15) is 0 Å². The molecule has 0 aromatic heterocycles. The number of thiol groups is 1. The van der Waals surface area contributed by atoms with Crippen molar-refractivity contribution < 1.29 is 9.53 Å². The van der Waals surface area contributed by atoms with Crippen LogP contribution in [0.3, 0.4) is 0 Å². The summed E-state index contributed by atoms with van der Waals surface area (Å²) in [4.78, 5) is 10.7. The molecule has 0 radical (unpaired) electrons. The van der Waals surface area contributed by atoms with Crippen LogP contribution in [0, 0.1) is 0 Å². The summed E-state index contributed by atoms with van der Waals surface area (Å²) in [5.41, 5.74) is 1.19. The van der Waals surface area contributed by atoms with Gasteiger partial charge in [0.25, 0.3) is 5.24 Å². The Labute approximate surface area is 112 Å². The average molecular weight is 261 g/mol. The average Bonchev–Trinajstić information content (AvgIpc) is 2.37. The second-order valence-electron chi connectivity index (χ2n) is 4.03. The molecule has 0 bridgehead atoms. The first kappa shape index (κ1) is 12.8. The quantitative estimate of drug-likeness (QED) is 0.830. The Balaban J connectivity index is 2.15. The zero-order valence-electron chi connectivity index (χ0n) is 10.1. The van der Waals surface area contributed by atoms with Gasteiger partial charge >= 0.3 is 0 Å². The van der Waals surface area contributed by atoms with E-state index in [-0.39, 0.29) is 5.24 Å². The van der Waals surface area contributed by atoms with Gasteiger partial charge in [0.15, 0.2) is 0 Å². The maximum atomic E-state index is 10.7. The van der Waals surface area contributed by atoms with Crippen LogP contribution < -0.4 is 10.1 Å². The molecule has 18 heavy (non-hydrogen) atoms. The molecule has 0 aliphatic rings. The monoisotopic (exact) mass is 261 g/mol. The number of carbonyl (C=O) groups excluding carboxylic acids is 1. The molecule has 0 fully saturated rings. The first-order chi connectivity index (χ1) is 8.69. The molecule has 94 valence electrons. The standard InChI is InChI=1S/C14H15NO2S/c1-17-13-5-4-11-8-10(2-3-12(11)9-13)6-7-15-14(16)18/h2-5,8-9H,6-7H2,1H3,(H2,15,16,18). The SMILES string of the molecule is COc1ccc2cc(CCNC(=O)S)ccc2c1. The molecule has 0 unspecified atom stereocenters. The van der Waals surface area contributed by atoms with Gasteiger partial charge in [0.05, 0.1) is 7.11 Å². The Bertz CT molecular complexity index is 569. The lowest BCUT2D eigenvalue weighted by molar-refractivity contribution is 0.261. The minimum absolute atomic E-state index is 0.291. The molecule has 0 heterocycles. The Hall–Kier alpha value is -1.68. The molecule has 2 aromatic rings. The number of hydrogen-bond donors (Lipinski definition) is 2. The lowest BCUT2D eigenvalue weighted by Gasteiger charge is -2.06. The van der Waals surface area contributed by atoms with Crippen molar-refractivity contribution >= 4 is 28.6 Å². The molecule has 1 amide bonds. The number of ether oxygens (including phenoxy) is 1. The van der Waals surface area contributed by atoms with Crippen molar-refractivity contribution in [2.75, 3.05) is 13.7 Å². The fourth-order valence-corrected chi connectivity index (χ4v) is 1.98. The van der Waals surface area contributed by atoms with Crippen molar-refractivity contribution in [2.24, 2.45) is 0 Å². The molecule has 0 spiro atoms. The van der Waals surface area contributed by atoms with E-state index in [2.05, 4.69) is 36.1 Å². The summed E-state index contributed by atoms with van der Waals surface area (Å²) in [5, 5.41) is 4.70. The van der Waals surface area contributed by atoms with E-state index in [0.29, 0.717) is 6.54 Å². The van der Waals surface area contributed by atoms with Crippen molar-refractivity contribution in [3.8, 4) is 5.75 Å². The number of fused-ring (bicyclic) bond motifs is 1. The zero-order valence-corrected chi connectivity index (χ0v) is 11.0. The summed E-state index contributed by atoms with van der Waals surface area (Å²) in [6.07, 6.45) is 0.800. The molecule has 0 aliphatic carbocycles. The first-order valence-corrected chi connectivity index (χ1v) is 6.17. The molecule has 4 heteroatoms. The van der Waals surface area contributed by atoms with Crippen molar-refractivity contribution in [3.63, 3.8) is 0 Å². The Morgan fingerprint density at radius 1 is 1.22 bits per heavy atom. The molecule has 0 atom stereocenters. The first-order valence-electron chi connectivity index (χ1n) is 5.72. The third-order valence-electron chi connectivity index (χ3n) is 2.80. The van der Waals surface area contributed by atoms with Crippen LogP contribution in [0.15, 0.2) is 36.4 Å². The van der Waals surface area contributed by atoms with Crippen molar-refractivity contribution in [3.05, 3.63) is 42.0 Å². The fraction of sp³-hybridized carbons (Fsp3) is 0.214. The normalized spacial score (nSPS) is 10.3. The highest BCUT2D eigenvalue weighted by Crippen LogP contribution is 2.21. The van der Waals surface area contributed by atoms with Crippen LogP contribution >= 0.6 is 12.6 Å². The zero-order chi connectivity index (χ0) is 13.0. The minimum Gasteiger partial charge on any atom is -0.497 e. The van der Waals surface area contributed by atoms with Gasteiger partial charge in [-0.3, -0.25) is 4.79 Å². The molecule has 2 rings (SSSR count). The van der Waals surface area contributed by atoms with Crippen LogP contribution in [0.1, 0.15) is 5.56 Å². The van der Waals surface area contributed by atoms with Gasteiger partial charge < -0.3 is 10.1 Å². The fourth-order valence-electron chi connectivity index (χ4n) is 1.87. The van der Waals surface area contributed by atoms with E-state index in [1.165, 1.54) is 10.9 Å². The predicted molar refractivity (Wildman–Crippen MR) is 76.6 cm³/mol. The number of benzene rings is 2. The lowest BCUT2D eigenvalue weighted by Crippen LogP contribution is -2.19. The molecule has 0 saturated carbocycles. The van der Waals surface area contributed by atoms with Gasteiger partial charge in [-0.25, -0.2) is 0 Å². The molecule has 0 aliphatic heterocycles. The highest BCUT2D eigenvalue weighted by atomic mass is 32.1. The molecular formula is C14H15NO2S. The molecule has 2 aromatic carbocycles. The number of nitrogens with one attached hydrogen (secondary N) is 1. The van der Waals surface area contributed by atoms with Crippen LogP contribution in [0.4, 0.5) is 4.79 Å². The topological polar surface area (TPSA) is 38.3 Å². The van der Waals surface area contributed by atoms with Crippen LogP contribution in [0.2, 0.25) is 0 Å². The van der Waals surface area contributed by atoms with E-state index in [0.717, 1.165) is 17.6 Å². The van der Waals surface area contributed by atoms with E-state index in [9.17, 15) is 4.79 Å². The smallest absolute Gasteiger partial charge is 0.275 e. The van der Waals surface area contributed by atoms with E-state index in [4.69, 9.17) is 4.74 Å². The second-order valence-corrected chi connectivity index (χ2v) is 4.44. The molecule has 0 saturated heterocycles. The van der Waals surface area contributed by atoms with Gasteiger partial charge in [-0.15, -0.1) is 0 Å². The Kier molecular flexibility index (Phi) is 4.10. The summed E-state index contributed by atoms with van der Waals surface area (Å²) < 4.78 is 5.19. The number of rotatable bonds is 4. The Morgan fingerprint density at radius 2 is 1.94 bits per heavy atom. The molecular weight excluding hydrogens is 246 g/mol. The van der Waals surface area contributed by atoms with Crippen LogP contribution in [-0.4, -0.2) is 18.9 Å². The summed E-state index contributed by atoms with van der Waals surface area (Å²) in [5.74, 6) is 0.859. The highest BCUT2D eigenvalue weighted by molar-refractivity contribution is 7.96. The minimum atomic E-state index is -0.291. The summed E-state index contributed by atoms with van der Waals surface area (Å²) >= 11 is 3.66. The third kappa shape index (κ3) is 3.17. The Morgan fingerprint density at radius 3 is 2.67 bits per heavy atom. The van der Waals surface area contributed by atoms with E-state index in [1.54, 1.807) is 7.11 Å². The highest BCUT2D eigenvalue weighted by Gasteiger charge is 1.99. The summed E-state index contributed by atoms with van der Waals surface area (Å²) in [7, 11) is 1.66. The molecule has 3 nitrogen and oxygen atoms in total. The predicted octanol–water partition coefficient (Wildman–Crippen LogP) is 3.03. The third-order valence-corrected chi connectivity index (χ3v) is 2.96.